The summed E-state index contributed by atoms with van der Waals surface area (Å²) < 4.78 is 16.1. The van der Waals surface area contributed by atoms with E-state index in [4.69, 9.17) is 24.2 Å². The first kappa shape index (κ1) is 19.4. The van der Waals surface area contributed by atoms with E-state index in [1.54, 1.807) is 25.3 Å². The second kappa shape index (κ2) is 7.91. The van der Waals surface area contributed by atoms with E-state index in [0.717, 1.165) is 40.5 Å². The van der Waals surface area contributed by atoms with Gasteiger partial charge in [0.2, 0.25) is 6.79 Å². The third-order valence-corrected chi connectivity index (χ3v) is 5.69. The molecule has 5 rings (SSSR count). The van der Waals surface area contributed by atoms with Crippen LogP contribution >= 0.6 is 0 Å². The lowest BCUT2D eigenvalue weighted by molar-refractivity contribution is 0.0733. The highest BCUT2D eigenvalue weighted by Crippen LogP contribution is 2.34. The zero-order chi connectivity index (χ0) is 21.4. The zero-order valence-electron chi connectivity index (χ0n) is 17.6. The first-order valence-corrected chi connectivity index (χ1v) is 10.4. The van der Waals surface area contributed by atoms with Crippen molar-refractivity contribution in [3.63, 3.8) is 0 Å². The van der Waals surface area contributed by atoms with Gasteiger partial charge in [-0.25, -0.2) is 9.97 Å². The summed E-state index contributed by atoms with van der Waals surface area (Å²) in [5, 5.41) is 0. The van der Waals surface area contributed by atoms with Gasteiger partial charge < -0.3 is 19.1 Å². The number of methoxy groups -OCH3 is 1. The Kier molecular flexibility index (Phi) is 4.94. The molecule has 0 unspecified atom stereocenters. The van der Waals surface area contributed by atoms with E-state index >= 15 is 0 Å². The van der Waals surface area contributed by atoms with Gasteiger partial charge in [-0.15, -0.1) is 0 Å². The number of carbonyl (C=O) groups excluding carboxylic acids is 1. The van der Waals surface area contributed by atoms with Gasteiger partial charge in [0.25, 0.3) is 5.91 Å². The molecule has 0 spiro atoms. The van der Waals surface area contributed by atoms with Crippen LogP contribution in [0.2, 0.25) is 0 Å². The summed E-state index contributed by atoms with van der Waals surface area (Å²) in [5.41, 5.74) is 4.49. The maximum Gasteiger partial charge on any atom is 0.254 e. The fourth-order valence-electron chi connectivity index (χ4n) is 4.00. The average Bonchev–Trinajstić information content (AvgIpc) is 3.30. The number of nitrogens with zero attached hydrogens (tertiary/aromatic N) is 3. The summed E-state index contributed by atoms with van der Waals surface area (Å²) in [6.07, 6.45) is 1.46. The molecule has 158 valence electrons. The highest BCUT2D eigenvalue weighted by atomic mass is 16.7. The summed E-state index contributed by atoms with van der Waals surface area (Å²) in [7, 11) is 1.65. The Balaban J connectivity index is 1.48. The monoisotopic (exact) mass is 417 g/mol. The van der Waals surface area contributed by atoms with Gasteiger partial charge in [-0.2, -0.15) is 0 Å². The van der Waals surface area contributed by atoms with Crippen molar-refractivity contribution in [1.82, 2.24) is 14.9 Å². The molecule has 2 aliphatic heterocycles. The van der Waals surface area contributed by atoms with Crippen LogP contribution in [0, 0.1) is 0 Å². The molecule has 7 nitrogen and oxygen atoms in total. The van der Waals surface area contributed by atoms with Crippen molar-refractivity contribution in [3.8, 4) is 28.5 Å². The number of amides is 1. The fourth-order valence-corrected chi connectivity index (χ4v) is 4.00. The quantitative estimate of drug-likeness (QED) is 0.645. The van der Waals surface area contributed by atoms with Gasteiger partial charge in [0.1, 0.15) is 11.6 Å². The van der Waals surface area contributed by atoms with Gasteiger partial charge >= 0.3 is 0 Å². The Morgan fingerprint density at radius 3 is 2.68 bits per heavy atom. The molecule has 3 heterocycles. The minimum atomic E-state index is -0.0378. The predicted octanol–water partition coefficient (Wildman–Crippen LogP) is 3.64. The molecule has 1 amide bonds. The fraction of sp³-hybridized carbons (Fsp3) is 0.292. The largest absolute Gasteiger partial charge is 0.497 e. The minimum Gasteiger partial charge on any atom is -0.497 e. The summed E-state index contributed by atoms with van der Waals surface area (Å²) in [4.78, 5) is 24.7. The second-order valence-electron chi connectivity index (χ2n) is 7.54. The SMILES string of the molecule is CCc1nc2c(c(-c3ccc(OC)cc3)n1)CN(C(=O)c1ccc3c(c1)OCO3)CC2. The van der Waals surface area contributed by atoms with Crippen LogP contribution in [0.25, 0.3) is 11.3 Å². The Hall–Kier alpha value is -3.61. The average molecular weight is 417 g/mol. The second-order valence-corrected chi connectivity index (χ2v) is 7.54. The molecule has 2 aromatic carbocycles. The molecular formula is C24H23N3O4. The lowest BCUT2D eigenvalue weighted by Crippen LogP contribution is -2.37. The molecule has 0 saturated carbocycles. The zero-order valence-corrected chi connectivity index (χ0v) is 17.6. The number of aryl methyl sites for hydroxylation is 1. The van der Waals surface area contributed by atoms with Gasteiger partial charge in [0, 0.05) is 42.6 Å². The molecule has 0 radical (unpaired) electrons. The van der Waals surface area contributed by atoms with Crippen molar-refractivity contribution in [2.24, 2.45) is 0 Å². The number of hydrogen-bond donors (Lipinski definition) is 0. The van der Waals surface area contributed by atoms with Gasteiger partial charge in [-0.05, 0) is 42.5 Å². The van der Waals surface area contributed by atoms with Crippen molar-refractivity contribution in [1.29, 1.82) is 0 Å². The molecule has 0 bridgehead atoms. The normalized spacial score (nSPS) is 14.3. The highest BCUT2D eigenvalue weighted by Gasteiger charge is 2.27. The van der Waals surface area contributed by atoms with E-state index in [0.29, 0.717) is 36.6 Å². The van der Waals surface area contributed by atoms with E-state index in [1.807, 2.05) is 29.2 Å². The van der Waals surface area contributed by atoms with Crippen LogP contribution in [0.1, 0.15) is 34.4 Å². The van der Waals surface area contributed by atoms with E-state index in [2.05, 4.69) is 6.92 Å². The van der Waals surface area contributed by atoms with E-state index in [9.17, 15) is 4.79 Å². The van der Waals surface area contributed by atoms with Gasteiger partial charge in [-0.1, -0.05) is 6.92 Å². The molecule has 31 heavy (non-hydrogen) atoms. The number of benzene rings is 2. The summed E-state index contributed by atoms with van der Waals surface area (Å²) in [6.45, 7) is 3.32. The van der Waals surface area contributed by atoms with Crippen LogP contribution in [0.15, 0.2) is 42.5 Å². The lowest BCUT2D eigenvalue weighted by atomic mass is 9.98. The smallest absolute Gasteiger partial charge is 0.254 e. The topological polar surface area (TPSA) is 73.8 Å². The van der Waals surface area contributed by atoms with E-state index in [-0.39, 0.29) is 12.7 Å². The van der Waals surface area contributed by atoms with E-state index < -0.39 is 0 Å². The number of rotatable bonds is 4. The van der Waals surface area contributed by atoms with Crippen LogP contribution in [0.5, 0.6) is 17.2 Å². The summed E-state index contributed by atoms with van der Waals surface area (Å²) in [6, 6.07) is 13.2. The van der Waals surface area contributed by atoms with Crippen LogP contribution in [0.4, 0.5) is 0 Å². The molecule has 7 heteroatoms. The van der Waals surface area contributed by atoms with Crippen LogP contribution in [-0.4, -0.2) is 41.2 Å². The van der Waals surface area contributed by atoms with Crippen molar-refractivity contribution in [2.45, 2.75) is 26.3 Å². The summed E-state index contributed by atoms with van der Waals surface area (Å²) in [5.74, 6) is 2.85. The molecule has 1 aromatic heterocycles. The number of aromatic nitrogens is 2. The first-order valence-electron chi connectivity index (χ1n) is 10.4. The van der Waals surface area contributed by atoms with Crippen molar-refractivity contribution in [3.05, 3.63) is 65.1 Å². The van der Waals surface area contributed by atoms with Gasteiger partial charge in [-0.3, -0.25) is 4.79 Å². The molecule has 3 aromatic rings. The first-order chi connectivity index (χ1) is 15.2. The number of fused-ring (bicyclic) bond motifs is 2. The van der Waals surface area contributed by atoms with Crippen molar-refractivity contribution < 1.29 is 19.0 Å². The molecule has 2 aliphatic rings. The Morgan fingerprint density at radius 1 is 1.10 bits per heavy atom. The number of carbonyl (C=O) groups is 1. The maximum atomic E-state index is 13.2. The van der Waals surface area contributed by atoms with Gasteiger partial charge in [0.05, 0.1) is 18.5 Å². The molecule has 0 N–H and O–H groups in total. The van der Waals surface area contributed by atoms with Crippen molar-refractivity contribution in [2.75, 3.05) is 20.4 Å². The van der Waals surface area contributed by atoms with Crippen LogP contribution < -0.4 is 14.2 Å². The minimum absolute atomic E-state index is 0.0378. The van der Waals surface area contributed by atoms with Crippen molar-refractivity contribution >= 4 is 5.91 Å². The Bertz CT molecular complexity index is 1140. The van der Waals surface area contributed by atoms with E-state index in [1.165, 1.54) is 0 Å². The van der Waals surface area contributed by atoms with Crippen LogP contribution in [-0.2, 0) is 19.4 Å². The Labute approximate surface area is 180 Å². The Morgan fingerprint density at radius 2 is 1.90 bits per heavy atom. The highest BCUT2D eigenvalue weighted by molar-refractivity contribution is 5.95. The summed E-state index contributed by atoms with van der Waals surface area (Å²) >= 11 is 0. The molecule has 0 fully saturated rings. The standard InChI is InChI=1S/C24H23N3O4/c1-3-22-25-19-10-11-27(24(28)16-6-9-20-21(12-16)31-14-30-20)13-18(19)23(26-22)15-4-7-17(29-2)8-5-15/h4-9,12H,3,10-11,13-14H2,1-2H3. The molecule has 0 aliphatic carbocycles. The number of ether oxygens (including phenoxy) is 3. The third kappa shape index (κ3) is 3.56. The number of hydrogen-bond acceptors (Lipinski definition) is 6. The molecule has 0 atom stereocenters. The molecule has 0 saturated heterocycles. The molecular weight excluding hydrogens is 394 g/mol. The van der Waals surface area contributed by atoms with Gasteiger partial charge in [0.15, 0.2) is 11.5 Å². The predicted molar refractivity (Wildman–Crippen MR) is 114 cm³/mol. The lowest BCUT2D eigenvalue weighted by Gasteiger charge is -2.30. The third-order valence-electron chi connectivity index (χ3n) is 5.69. The maximum absolute atomic E-state index is 13.2. The van der Waals surface area contributed by atoms with Crippen LogP contribution in [0.3, 0.4) is 0 Å².